The average Bonchev–Trinajstić information content (AvgIpc) is 2.71. The first-order valence-corrected chi connectivity index (χ1v) is 9.35. The van der Waals surface area contributed by atoms with E-state index in [1.54, 1.807) is 36.4 Å². The van der Waals surface area contributed by atoms with Crippen molar-refractivity contribution in [2.24, 2.45) is 0 Å². The number of aromatic amines is 1. The Hall–Kier alpha value is -4.06. The summed E-state index contributed by atoms with van der Waals surface area (Å²) in [5, 5.41) is 31.1. The second kappa shape index (κ2) is 9.17. The molecule has 1 aromatic heterocycles. The average molecular weight is 489 g/mol. The molecule has 0 aliphatic heterocycles. The van der Waals surface area contributed by atoms with Crippen LogP contribution in [0.15, 0.2) is 51.7 Å². The number of ether oxygens (including phenoxy) is 1. The number of nitro benzene ring substituents is 1. The zero-order chi connectivity index (χ0) is 22.5. The summed E-state index contributed by atoms with van der Waals surface area (Å²) >= 11 is 3.35. The van der Waals surface area contributed by atoms with Gasteiger partial charge in [-0.05, 0) is 48.0 Å². The summed E-state index contributed by atoms with van der Waals surface area (Å²) in [5.74, 6) is -0.613. The maximum absolute atomic E-state index is 11.8. The molecule has 0 bridgehead atoms. The van der Waals surface area contributed by atoms with E-state index in [1.807, 2.05) is 0 Å². The molecule has 1 heterocycles. The zero-order valence-electron chi connectivity index (χ0n) is 15.5. The number of hydrogen-bond acceptors (Lipinski definition) is 8. The highest BCUT2D eigenvalue weighted by Crippen LogP contribution is 2.26. The molecule has 12 heteroatoms. The van der Waals surface area contributed by atoms with Crippen molar-refractivity contribution in [3.05, 3.63) is 94.5 Å². The number of aromatic nitrogens is 2. The first-order chi connectivity index (χ1) is 14.7. The molecular weight excluding hydrogens is 476 g/mol. The number of benzene rings is 2. The van der Waals surface area contributed by atoms with Gasteiger partial charge in [-0.25, -0.2) is 0 Å². The van der Waals surface area contributed by atoms with Gasteiger partial charge in [0, 0.05) is 22.2 Å². The predicted octanol–water partition coefficient (Wildman–Crippen LogP) is 3.80. The van der Waals surface area contributed by atoms with Gasteiger partial charge in [0.1, 0.15) is 18.2 Å². The van der Waals surface area contributed by atoms with E-state index < -0.39 is 27.0 Å². The summed E-state index contributed by atoms with van der Waals surface area (Å²) in [6.45, 7) is 0.147. The van der Waals surface area contributed by atoms with E-state index in [9.17, 15) is 30.1 Å². The van der Waals surface area contributed by atoms with Crippen molar-refractivity contribution in [1.29, 1.82) is 0 Å². The van der Waals surface area contributed by atoms with E-state index in [0.29, 0.717) is 11.3 Å². The Morgan fingerprint density at radius 3 is 2.42 bits per heavy atom. The topological polar surface area (TPSA) is 161 Å². The second-order valence-corrected chi connectivity index (χ2v) is 7.02. The normalized spacial score (nSPS) is 10.9. The Kier molecular flexibility index (Phi) is 6.40. The Morgan fingerprint density at radius 1 is 1.10 bits per heavy atom. The van der Waals surface area contributed by atoms with E-state index >= 15 is 0 Å². The minimum absolute atomic E-state index is 0.0242. The first kappa shape index (κ1) is 21.6. The lowest BCUT2D eigenvalue weighted by Gasteiger charge is -2.10. The zero-order valence-corrected chi connectivity index (χ0v) is 17.1. The maximum atomic E-state index is 11.8. The Labute approximate surface area is 182 Å². The molecule has 2 aromatic carbocycles. The highest BCUT2D eigenvalue weighted by Gasteiger charge is 2.21. The number of nitrogens with zero attached hydrogens (tertiary/aromatic N) is 3. The smallest absolute Gasteiger partial charge is 0.395 e. The standard InChI is InChI=1S/C19H13BrN4O7/c20-13-4-7-15(31-10-11-1-5-14(6-2-11)23(27)28)12(9-13)3-8-16-21-18(25)17(24(29)30)19(26)22-16/h1-9H,10H2,(H2,21,22,25,26)/b8-3+. The summed E-state index contributed by atoms with van der Waals surface area (Å²) < 4.78 is 6.53. The van der Waals surface area contributed by atoms with E-state index in [2.05, 4.69) is 25.9 Å². The van der Waals surface area contributed by atoms with E-state index in [1.165, 1.54) is 18.2 Å². The molecular formula is C19H13BrN4O7. The number of hydrogen-bond donors (Lipinski definition) is 2. The van der Waals surface area contributed by atoms with Gasteiger partial charge in [0.05, 0.1) is 9.85 Å². The van der Waals surface area contributed by atoms with Gasteiger partial charge in [-0.1, -0.05) is 15.9 Å². The van der Waals surface area contributed by atoms with E-state index in [4.69, 9.17) is 4.74 Å². The summed E-state index contributed by atoms with van der Waals surface area (Å²) in [6.07, 6.45) is 2.89. The molecule has 3 rings (SSSR count). The minimum atomic E-state index is -1.08. The second-order valence-electron chi connectivity index (χ2n) is 6.11. The van der Waals surface area contributed by atoms with Crippen molar-refractivity contribution in [3.8, 4) is 11.6 Å². The van der Waals surface area contributed by atoms with Gasteiger partial charge >= 0.3 is 11.2 Å². The van der Waals surface area contributed by atoms with E-state index in [-0.39, 0.29) is 18.1 Å². The summed E-state index contributed by atoms with van der Waals surface area (Å²) in [6, 6.07) is 11.1. The molecule has 0 saturated carbocycles. The molecule has 0 amide bonds. The van der Waals surface area contributed by atoms with Gasteiger partial charge < -0.3 is 14.8 Å². The molecule has 31 heavy (non-hydrogen) atoms. The lowest BCUT2D eigenvalue weighted by atomic mass is 10.1. The molecule has 0 atom stereocenters. The van der Waals surface area contributed by atoms with Gasteiger partial charge in [0.15, 0.2) is 0 Å². The molecule has 3 aromatic rings. The van der Waals surface area contributed by atoms with Crippen molar-refractivity contribution in [2.75, 3.05) is 0 Å². The van der Waals surface area contributed by atoms with Crippen LogP contribution in [0.2, 0.25) is 0 Å². The first-order valence-electron chi connectivity index (χ1n) is 8.56. The van der Waals surface area contributed by atoms with Gasteiger partial charge in [-0.2, -0.15) is 4.98 Å². The number of rotatable bonds is 7. The number of nitrogens with one attached hydrogen (secondary N) is 1. The number of halogens is 1. The lowest BCUT2D eigenvalue weighted by Crippen LogP contribution is -2.14. The summed E-state index contributed by atoms with van der Waals surface area (Å²) in [5.41, 5.74) is -0.844. The third-order valence-corrected chi connectivity index (χ3v) is 4.50. The molecule has 0 radical (unpaired) electrons. The van der Waals surface area contributed by atoms with Crippen LogP contribution < -0.4 is 10.3 Å². The molecule has 0 aliphatic carbocycles. The predicted molar refractivity (Wildman–Crippen MR) is 114 cm³/mol. The SMILES string of the molecule is O=c1[nH]c(/C=C/c2cc(Br)ccc2OCc2ccc([N+](=O)[O-])cc2)nc(O)c1[N+](=O)[O-]. The number of non-ortho nitro benzene ring substituents is 1. The lowest BCUT2D eigenvalue weighted by molar-refractivity contribution is -0.387. The maximum Gasteiger partial charge on any atom is 0.395 e. The number of aromatic hydroxyl groups is 1. The van der Waals surface area contributed by atoms with Crippen molar-refractivity contribution in [3.63, 3.8) is 0 Å². The number of nitro groups is 2. The van der Waals surface area contributed by atoms with Crippen molar-refractivity contribution in [2.45, 2.75) is 6.61 Å². The van der Waals surface area contributed by atoms with Crippen LogP contribution in [0.25, 0.3) is 12.2 Å². The van der Waals surface area contributed by atoms with Crippen LogP contribution in [0.5, 0.6) is 11.6 Å². The van der Waals surface area contributed by atoms with Crippen LogP contribution in [0, 0.1) is 20.2 Å². The molecule has 158 valence electrons. The fraction of sp³-hybridized carbons (Fsp3) is 0.0526. The molecule has 0 unspecified atom stereocenters. The Balaban J connectivity index is 1.82. The van der Waals surface area contributed by atoms with Crippen LogP contribution in [0.3, 0.4) is 0 Å². The highest BCUT2D eigenvalue weighted by atomic mass is 79.9. The largest absolute Gasteiger partial charge is 0.488 e. The van der Waals surface area contributed by atoms with Crippen LogP contribution in [-0.4, -0.2) is 24.9 Å². The Bertz CT molecular complexity index is 1240. The molecule has 0 saturated heterocycles. The molecule has 0 spiro atoms. The van der Waals surface area contributed by atoms with Crippen LogP contribution in [0.1, 0.15) is 17.0 Å². The molecule has 0 fully saturated rings. The van der Waals surface area contributed by atoms with E-state index in [0.717, 1.165) is 10.0 Å². The highest BCUT2D eigenvalue weighted by molar-refractivity contribution is 9.10. The third-order valence-electron chi connectivity index (χ3n) is 4.01. The van der Waals surface area contributed by atoms with Crippen LogP contribution in [-0.2, 0) is 6.61 Å². The molecule has 0 aliphatic rings. The Morgan fingerprint density at radius 2 is 1.81 bits per heavy atom. The fourth-order valence-corrected chi connectivity index (χ4v) is 2.92. The monoisotopic (exact) mass is 488 g/mol. The van der Waals surface area contributed by atoms with Crippen molar-refractivity contribution in [1.82, 2.24) is 9.97 Å². The summed E-state index contributed by atoms with van der Waals surface area (Å²) in [7, 11) is 0. The van der Waals surface area contributed by atoms with Crippen molar-refractivity contribution >= 4 is 39.5 Å². The van der Waals surface area contributed by atoms with Gasteiger partial charge in [0.2, 0.25) is 0 Å². The fourth-order valence-electron chi connectivity index (χ4n) is 2.54. The number of H-pyrrole nitrogens is 1. The molecule has 2 N–H and O–H groups in total. The quantitative estimate of drug-likeness (QED) is 0.374. The van der Waals surface area contributed by atoms with Crippen molar-refractivity contribution < 1.29 is 19.7 Å². The van der Waals surface area contributed by atoms with Crippen LogP contribution >= 0.6 is 15.9 Å². The van der Waals surface area contributed by atoms with Gasteiger partial charge in [-0.3, -0.25) is 25.0 Å². The third kappa shape index (κ3) is 5.30. The molecule has 11 nitrogen and oxygen atoms in total. The minimum Gasteiger partial charge on any atom is -0.488 e. The van der Waals surface area contributed by atoms with Gasteiger partial charge in [-0.15, -0.1) is 0 Å². The van der Waals surface area contributed by atoms with Gasteiger partial charge in [0.25, 0.3) is 11.6 Å². The van der Waals surface area contributed by atoms with Crippen LogP contribution in [0.4, 0.5) is 11.4 Å². The summed E-state index contributed by atoms with van der Waals surface area (Å²) in [4.78, 5) is 37.6.